The summed E-state index contributed by atoms with van der Waals surface area (Å²) in [5.41, 5.74) is 6.60. The molecule has 1 atom stereocenters. The maximum atomic E-state index is 6.09. The summed E-state index contributed by atoms with van der Waals surface area (Å²) < 4.78 is 10.5. The van der Waals surface area contributed by atoms with Crippen molar-refractivity contribution in [2.24, 2.45) is 5.73 Å². The van der Waals surface area contributed by atoms with E-state index in [1.165, 1.54) is 0 Å². The van der Waals surface area contributed by atoms with Gasteiger partial charge in [-0.1, -0.05) is 18.5 Å². The lowest BCUT2D eigenvalue weighted by Gasteiger charge is -2.11. The molecule has 0 amide bonds. The average Bonchev–Trinajstić information content (AvgIpc) is 2.62. The van der Waals surface area contributed by atoms with Crippen LogP contribution in [0.1, 0.15) is 18.4 Å². The standard InChI is InChI=1S/C10H12ClNO2/c1-6(4-12)7-2-9-10(3-8(7)11)14-5-13-9/h2-3,6H,4-5,12H2,1H3. The maximum absolute atomic E-state index is 6.09. The van der Waals surface area contributed by atoms with Gasteiger partial charge in [-0.15, -0.1) is 0 Å². The predicted octanol–water partition coefficient (Wildman–Crippen LogP) is 2.13. The van der Waals surface area contributed by atoms with E-state index in [9.17, 15) is 0 Å². The van der Waals surface area contributed by atoms with Crippen molar-refractivity contribution in [2.75, 3.05) is 13.3 Å². The fourth-order valence-electron chi connectivity index (χ4n) is 1.44. The largest absolute Gasteiger partial charge is 0.454 e. The zero-order valence-corrected chi connectivity index (χ0v) is 8.67. The van der Waals surface area contributed by atoms with Gasteiger partial charge in [-0.05, 0) is 24.1 Å². The second-order valence-electron chi connectivity index (χ2n) is 3.36. The van der Waals surface area contributed by atoms with Crippen molar-refractivity contribution in [3.05, 3.63) is 22.7 Å². The van der Waals surface area contributed by atoms with E-state index in [0.717, 1.165) is 11.3 Å². The Morgan fingerprint density at radius 2 is 2.07 bits per heavy atom. The van der Waals surface area contributed by atoms with Crippen LogP contribution >= 0.6 is 11.6 Å². The van der Waals surface area contributed by atoms with E-state index in [1.807, 2.05) is 13.0 Å². The summed E-state index contributed by atoms with van der Waals surface area (Å²) in [5, 5.41) is 0.687. The summed E-state index contributed by atoms with van der Waals surface area (Å²) in [6.45, 7) is 2.87. The van der Waals surface area contributed by atoms with E-state index in [0.29, 0.717) is 17.3 Å². The number of rotatable bonds is 2. The second-order valence-corrected chi connectivity index (χ2v) is 3.77. The monoisotopic (exact) mass is 213 g/mol. The van der Waals surface area contributed by atoms with Crippen LogP contribution in [-0.4, -0.2) is 13.3 Å². The van der Waals surface area contributed by atoms with Gasteiger partial charge in [0, 0.05) is 11.1 Å². The fraction of sp³-hybridized carbons (Fsp3) is 0.400. The minimum absolute atomic E-state index is 0.233. The highest BCUT2D eigenvalue weighted by Crippen LogP contribution is 2.38. The molecule has 3 nitrogen and oxygen atoms in total. The Morgan fingerprint density at radius 3 is 2.71 bits per heavy atom. The van der Waals surface area contributed by atoms with Crippen molar-refractivity contribution in [3.8, 4) is 11.5 Å². The molecule has 4 heteroatoms. The van der Waals surface area contributed by atoms with E-state index in [4.69, 9.17) is 26.8 Å². The molecule has 1 heterocycles. The maximum Gasteiger partial charge on any atom is 0.231 e. The van der Waals surface area contributed by atoms with Crippen LogP contribution in [-0.2, 0) is 0 Å². The third kappa shape index (κ3) is 1.53. The molecule has 1 unspecified atom stereocenters. The van der Waals surface area contributed by atoms with Gasteiger partial charge in [0.05, 0.1) is 0 Å². The Bertz CT molecular complexity index is 354. The van der Waals surface area contributed by atoms with Crippen LogP contribution in [0.4, 0.5) is 0 Å². The van der Waals surface area contributed by atoms with Crippen LogP contribution in [0.15, 0.2) is 12.1 Å². The minimum atomic E-state index is 0.233. The molecule has 0 aliphatic carbocycles. The van der Waals surface area contributed by atoms with Crippen LogP contribution in [0.3, 0.4) is 0 Å². The molecule has 0 saturated carbocycles. The summed E-state index contributed by atoms with van der Waals surface area (Å²) in [4.78, 5) is 0. The molecule has 1 aliphatic heterocycles. The number of benzene rings is 1. The first kappa shape index (κ1) is 9.62. The van der Waals surface area contributed by atoms with Crippen LogP contribution in [0, 0.1) is 0 Å². The van der Waals surface area contributed by atoms with Crippen molar-refractivity contribution < 1.29 is 9.47 Å². The van der Waals surface area contributed by atoms with Crippen LogP contribution in [0.25, 0.3) is 0 Å². The van der Waals surface area contributed by atoms with Gasteiger partial charge in [0.15, 0.2) is 11.5 Å². The minimum Gasteiger partial charge on any atom is -0.454 e. The van der Waals surface area contributed by atoms with Crippen LogP contribution in [0.5, 0.6) is 11.5 Å². The Morgan fingerprint density at radius 1 is 1.43 bits per heavy atom. The predicted molar refractivity (Wildman–Crippen MR) is 55.0 cm³/mol. The topological polar surface area (TPSA) is 44.5 Å². The first-order valence-electron chi connectivity index (χ1n) is 4.51. The third-order valence-electron chi connectivity index (χ3n) is 2.38. The van der Waals surface area contributed by atoms with Crippen molar-refractivity contribution in [1.82, 2.24) is 0 Å². The number of hydrogen-bond acceptors (Lipinski definition) is 3. The van der Waals surface area contributed by atoms with Crippen molar-refractivity contribution in [3.63, 3.8) is 0 Å². The molecule has 76 valence electrons. The van der Waals surface area contributed by atoms with Crippen molar-refractivity contribution in [1.29, 1.82) is 0 Å². The smallest absolute Gasteiger partial charge is 0.231 e. The Labute approximate surface area is 87.8 Å². The molecule has 2 rings (SSSR count). The zero-order valence-electron chi connectivity index (χ0n) is 7.92. The third-order valence-corrected chi connectivity index (χ3v) is 2.70. The number of hydrogen-bond donors (Lipinski definition) is 1. The quantitative estimate of drug-likeness (QED) is 0.819. The number of nitrogens with two attached hydrogens (primary N) is 1. The first-order chi connectivity index (χ1) is 6.72. The molecule has 1 aromatic rings. The lowest BCUT2D eigenvalue weighted by atomic mass is 10.0. The van der Waals surface area contributed by atoms with Gasteiger partial charge in [-0.25, -0.2) is 0 Å². The Balaban J connectivity index is 2.42. The zero-order chi connectivity index (χ0) is 10.1. The molecular formula is C10H12ClNO2. The average molecular weight is 214 g/mol. The second kappa shape index (κ2) is 3.67. The highest BCUT2D eigenvalue weighted by atomic mass is 35.5. The molecule has 0 fully saturated rings. The molecule has 0 radical (unpaired) electrons. The van der Waals surface area contributed by atoms with Gasteiger partial charge in [-0.3, -0.25) is 0 Å². The Kier molecular flexibility index (Phi) is 2.52. The number of halogens is 1. The fourth-order valence-corrected chi connectivity index (χ4v) is 1.78. The molecule has 1 aliphatic rings. The molecule has 0 spiro atoms. The van der Waals surface area contributed by atoms with E-state index in [-0.39, 0.29) is 12.7 Å². The highest BCUT2D eigenvalue weighted by molar-refractivity contribution is 6.31. The number of fused-ring (bicyclic) bond motifs is 1. The molecule has 0 saturated heterocycles. The number of ether oxygens (including phenoxy) is 2. The van der Waals surface area contributed by atoms with Gasteiger partial charge in [0.25, 0.3) is 0 Å². The lowest BCUT2D eigenvalue weighted by Crippen LogP contribution is -2.09. The van der Waals surface area contributed by atoms with E-state index in [2.05, 4.69) is 0 Å². The summed E-state index contributed by atoms with van der Waals surface area (Å²) in [6, 6.07) is 3.69. The summed E-state index contributed by atoms with van der Waals surface area (Å²) in [6.07, 6.45) is 0. The molecule has 0 aromatic heterocycles. The van der Waals surface area contributed by atoms with Crippen molar-refractivity contribution in [2.45, 2.75) is 12.8 Å². The van der Waals surface area contributed by atoms with Gasteiger partial charge in [0.1, 0.15) is 0 Å². The van der Waals surface area contributed by atoms with Crippen molar-refractivity contribution >= 4 is 11.6 Å². The van der Waals surface area contributed by atoms with E-state index >= 15 is 0 Å². The normalized spacial score (nSPS) is 15.6. The summed E-state index contributed by atoms with van der Waals surface area (Å²) in [5.74, 6) is 1.70. The lowest BCUT2D eigenvalue weighted by molar-refractivity contribution is 0.174. The summed E-state index contributed by atoms with van der Waals surface area (Å²) >= 11 is 6.09. The first-order valence-corrected chi connectivity index (χ1v) is 4.89. The molecule has 0 bridgehead atoms. The highest BCUT2D eigenvalue weighted by Gasteiger charge is 2.18. The molecule has 1 aromatic carbocycles. The molecular weight excluding hydrogens is 202 g/mol. The van der Waals surface area contributed by atoms with E-state index in [1.54, 1.807) is 6.07 Å². The Hall–Kier alpha value is -0.930. The van der Waals surface area contributed by atoms with Gasteiger partial charge in [-0.2, -0.15) is 0 Å². The van der Waals surface area contributed by atoms with E-state index < -0.39 is 0 Å². The van der Waals surface area contributed by atoms with Crippen LogP contribution < -0.4 is 15.2 Å². The van der Waals surface area contributed by atoms with Gasteiger partial charge < -0.3 is 15.2 Å². The van der Waals surface area contributed by atoms with Crippen LogP contribution in [0.2, 0.25) is 5.02 Å². The SMILES string of the molecule is CC(CN)c1cc2c(cc1Cl)OCO2. The molecule has 14 heavy (non-hydrogen) atoms. The molecule has 2 N–H and O–H groups in total. The van der Waals surface area contributed by atoms with Gasteiger partial charge in [0.2, 0.25) is 6.79 Å². The summed E-state index contributed by atoms with van der Waals surface area (Å²) in [7, 11) is 0. The van der Waals surface area contributed by atoms with Gasteiger partial charge >= 0.3 is 0 Å².